The van der Waals surface area contributed by atoms with Gasteiger partial charge in [0.1, 0.15) is 11.6 Å². The molecule has 5 heteroatoms. The fourth-order valence-electron chi connectivity index (χ4n) is 1.90. The van der Waals surface area contributed by atoms with E-state index in [-0.39, 0.29) is 6.61 Å². The quantitative estimate of drug-likeness (QED) is 0.514. The molecule has 0 saturated carbocycles. The predicted molar refractivity (Wildman–Crippen MR) is 89.9 cm³/mol. The summed E-state index contributed by atoms with van der Waals surface area (Å²) in [4.78, 5) is 16.1. The first kappa shape index (κ1) is 14.8. The molecule has 0 amide bonds. The maximum absolute atomic E-state index is 11.7. The van der Waals surface area contributed by atoms with E-state index in [0.717, 1.165) is 20.8 Å². The first-order valence-electron chi connectivity index (χ1n) is 6.65. The molecule has 3 nitrogen and oxygen atoms in total. The summed E-state index contributed by atoms with van der Waals surface area (Å²) in [5.74, 6) is -0.394. The van der Waals surface area contributed by atoms with Crippen molar-refractivity contribution in [3.8, 4) is 0 Å². The van der Waals surface area contributed by atoms with Crippen molar-refractivity contribution in [3.05, 3.63) is 70.2 Å². The Balaban J connectivity index is 1.58. The number of halogens is 1. The smallest absolute Gasteiger partial charge is 0.331 e. The van der Waals surface area contributed by atoms with E-state index in [9.17, 15) is 4.79 Å². The largest absolute Gasteiger partial charge is 0.455 e. The fourth-order valence-corrected chi connectivity index (χ4v) is 2.91. The number of aromatic nitrogens is 1. The van der Waals surface area contributed by atoms with E-state index in [2.05, 4.69) is 4.98 Å². The monoisotopic (exact) mass is 329 g/mol. The molecule has 0 N–H and O–H groups in total. The fraction of sp³-hybridized carbons (Fsp3) is 0.0588. The van der Waals surface area contributed by atoms with Gasteiger partial charge in [0, 0.05) is 11.1 Å². The summed E-state index contributed by atoms with van der Waals surface area (Å²) in [7, 11) is 0. The number of fused-ring (bicyclic) bond motifs is 1. The minimum atomic E-state index is -0.394. The molecule has 0 unspecified atom stereocenters. The topological polar surface area (TPSA) is 39.2 Å². The van der Waals surface area contributed by atoms with Crippen molar-refractivity contribution < 1.29 is 9.53 Å². The summed E-state index contributed by atoms with van der Waals surface area (Å²) in [5.41, 5.74) is 1.82. The Kier molecular flexibility index (Phi) is 4.51. The molecule has 0 spiro atoms. The summed E-state index contributed by atoms with van der Waals surface area (Å²) >= 11 is 7.33. The zero-order valence-corrected chi connectivity index (χ0v) is 13.1. The summed E-state index contributed by atoms with van der Waals surface area (Å²) in [5, 5.41) is 1.45. The predicted octanol–water partition coefficient (Wildman–Crippen LogP) is 4.71. The van der Waals surface area contributed by atoms with Crippen LogP contribution in [0.4, 0.5) is 0 Å². The Hall–Kier alpha value is -2.17. The van der Waals surface area contributed by atoms with Crippen LogP contribution >= 0.6 is 22.9 Å². The van der Waals surface area contributed by atoms with Crippen LogP contribution in [0.2, 0.25) is 5.02 Å². The standard InChI is InChI=1S/C17H12ClNO2S/c18-13-8-5-12(6-9-13)7-10-17(20)21-11-16-19-14-3-1-2-4-15(14)22-16/h1-10H,11H2. The van der Waals surface area contributed by atoms with Crippen LogP contribution < -0.4 is 0 Å². The number of benzene rings is 2. The molecule has 0 atom stereocenters. The number of nitrogens with zero attached hydrogens (tertiary/aromatic N) is 1. The van der Waals surface area contributed by atoms with Gasteiger partial charge in [-0.25, -0.2) is 9.78 Å². The van der Waals surface area contributed by atoms with Gasteiger partial charge in [-0.2, -0.15) is 0 Å². The average Bonchev–Trinajstić information content (AvgIpc) is 2.95. The van der Waals surface area contributed by atoms with Gasteiger partial charge in [-0.15, -0.1) is 11.3 Å². The summed E-state index contributed by atoms with van der Waals surface area (Å²) in [6, 6.07) is 15.1. The van der Waals surface area contributed by atoms with Gasteiger partial charge in [0.2, 0.25) is 0 Å². The van der Waals surface area contributed by atoms with Crippen LogP contribution in [0.25, 0.3) is 16.3 Å². The number of hydrogen-bond acceptors (Lipinski definition) is 4. The second-order valence-corrected chi connectivity index (χ2v) is 6.12. The van der Waals surface area contributed by atoms with Crippen LogP contribution in [0, 0.1) is 0 Å². The molecule has 0 saturated heterocycles. The van der Waals surface area contributed by atoms with E-state index in [1.807, 2.05) is 36.4 Å². The molecule has 3 aromatic rings. The number of thiazole rings is 1. The third-order valence-corrected chi connectivity index (χ3v) is 4.22. The lowest BCUT2D eigenvalue weighted by molar-refractivity contribution is -0.138. The molecular formula is C17H12ClNO2S. The molecule has 1 heterocycles. The lowest BCUT2D eigenvalue weighted by Gasteiger charge is -1.98. The molecule has 22 heavy (non-hydrogen) atoms. The average molecular weight is 330 g/mol. The van der Waals surface area contributed by atoms with E-state index in [0.29, 0.717) is 5.02 Å². The van der Waals surface area contributed by atoms with Gasteiger partial charge in [-0.1, -0.05) is 35.9 Å². The van der Waals surface area contributed by atoms with E-state index < -0.39 is 5.97 Å². The molecule has 0 aliphatic rings. The highest BCUT2D eigenvalue weighted by Crippen LogP contribution is 2.22. The molecule has 1 aromatic heterocycles. The molecule has 0 aliphatic carbocycles. The van der Waals surface area contributed by atoms with Crippen LogP contribution in [0.15, 0.2) is 54.6 Å². The lowest BCUT2D eigenvalue weighted by Crippen LogP contribution is -2.00. The Bertz CT molecular complexity index is 791. The van der Waals surface area contributed by atoms with Crippen LogP contribution in [-0.2, 0) is 16.1 Å². The van der Waals surface area contributed by atoms with Crippen molar-refractivity contribution in [2.24, 2.45) is 0 Å². The van der Waals surface area contributed by atoms with Crippen molar-refractivity contribution in [2.45, 2.75) is 6.61 Å². The summed E-state index contributed by atoms with van der Waals surface area (Å²) < 4.78 is 6.29. The Morgan fingerprint density at radius 3 is 2.73 bits per heavy atom. The van der Waals surface area contributed by atoms with Crippen molar-refractivity contribution in [1.82, 2.24) is 4.98 Å². The number of carbonyl (C=O) groups is 1. The normalized spacial score (nSPS) is 11.1. The van der Waals surface area contributed by atoms with Crippen molar-refractivity contribution in [3.63, 3.8) is 0 Å². The molecule has 0 radical (unpaired) electrons. The zero-order valence-electron chi connectivity index (χ0n) is 11.5. The summed E-state index contributed by atoms with van der Waals surface area (Å²) in [6.07, 6.45) is 3.09. The highest BCUT2D eigenvalue weighted by atomic mass is 35.5. The summed E-state index contributed by atoms with van der Waals surface area (Å²) in [6.45, 7) is 0.184. The molecule has 0 bridgehead atoms. The third kappa shape index (κ3) is 3.72. The highest BCUT2D eigenvalue weighted by Gasteiger charge is 2.05. The minimum absolute atomic E-state index is 0.184. The SMILES string of the molecule is O=C(C=Cc1ccc(Cl)cc1)OCc1nc2ccccc2s1. The molecule has 0 fully saturated rings. The number of carbonyl (C=O) groups excluding carboxylic acids is 1. The number of rotatable bonds is 4. The number of ether oxygens (including phenoxy) is 1. The number of esters is 1. The van der Waals surface area contributed by atoms with Crippen molar-refractivity contribution in [1.29, 1.82) is 0 Å². The van der Waals surface area contributed by atoms with Crippen molar-refractivity contribution >= 4 is 45.2 Å². The van der Waals surface area contributed by atoms with E-state index in [1.165, 1.54) is 17.4 Å². The molecule has 3 rings (SSSR count). The van der Waals surface area contributed by atoms with Gasteiger partial charge < -0.3 is 4.74 Å². The van der Waals surface area contributed by atoms with Crippen LogP contribution in [0.5, 0.6) is 0 Å². The van der Waals surface area contributed by atoms with Crippen LogP contribution in [0.1, 0.15) is 10.6 Å². The van der Waals surface area contributed by atoms with Crippen LogP contribution in [-0.4, -0.2) is 11.0 Å². The lowest BCUT2D eigenvalue weighted by atomic mass is 10.2. The Labute approximate surface area is 136 Å². The Morgan fingerprint density at radius 2 is 1.95 bits per heavy atom. The van der Waals surface area contributed by atoms with Gasteiger partial charge in [-0.3, -0.25) is 0 Å². The van der Waals surface area contributed by atoms with Gasteiger partial charge in [0.25, 0.3) is 0 Å². The maximum Gasteiger partial charge on any atom is 0.331 e. The van der Waals surface area contributed by atoms with E-state index in [4.69, 9.17) is 16.3 Å². The number of para-hydroxylation sites is 1. The molecular weight excluding hydrogens is 318 g/mol. The zero-order chi connectivity index (χ0) is 15.4. The first-order chi connectivity index (χ1) is 10.7. The minimum Gasteiger partial charge on any atom is -0.455 e. The Morgan fingerprint density at radius 1 is 1.18 bits per heavy atom. The third-order valence-electron chi connectivity index (χ3n) is 2.96. The van der Waals surface area contributed by atoms with Gasteiger partial charge >= 0.3 is 5.97 Å². The van der Waals surface area contributed by atoms with Gasteiger partial charge in [0.15, 0.2) is 0 Å². The van der Waals surface area contributed by atoms with E-state index >= 15 is 0 Å². The van der Waals surface area contributed by atoms with Crippen molar-refractivity contribution in [2.75, 3.05) is 0 Å². The number of hydrogen-bond donors (Lipinski definition) is 0. The van der Waals surface area contributed by atoms with Gasteiger partial charge in [-0.05, 0) is 35.9 Å². The second kappa shape index (κ2) is 6.73. The van der Waals surface area contributed by atoms with E-state index in [1.54, 1.807) is 18.2 Å². The molecule has 2 aromatic carbocycles. The molecule has 110 valence electrons. The second-order valence-electron chi connectivity index (χ2n) is 4.57. The highest BCUT2D eigenvalue weighted by molar-refractivity contribution is 7.18. The van der Waals surface area contributed by atoms with Gasteiger partial charge in [0.05, 0.1) is 10.2 Å². The first-order valence-corrected chi connectivity index (χ1v) is 7.85. The maximum atomic E-state index is 11.7. The molecule has 0 aliphatic heterocycles. The van der Waals surface area contributed by atoms with Crippen LogP contribution in [0.3, 0.4) is 0 Å².